The molecule has 0 heterocycles. The third kappa shape index (κ3) is 6.32. The number of carbonyl (C=O) groups excluding carboxylic acids is 1. The van der Waals surface area contributed by atoms with E-state index in [1.165, 1.54) is 16.0 Å². The topological polar surface area (TPSA) is 29.1 Å². The molecule has 0 saturated carbocycles. The lowest BCUT2D eigenvalue weighted by Crippen LogP contribution is -2.32. The molecule has 122 valence electrons. The van der Waals surface area contributed by atoms with Gasteiger partial charge in [-0.1, -0.05) is 35.4 Å². The Labute approximate surface area is 147 Å². The molecule has 0 radical (unpaired) electrons. The zero-order chi connectivity index (χ0) is 16.7. The van der Waals surface area contributed by atoms with Crippen molar-refractivity contribution in [1.29, 1.82) is 0 Å². The Balaban J connectivity index is 1.69. The molecule has 0 aliphatic rings. The van der Waals surface area contributed by atoms with Gasteiger partial charge in [-0.25, -0.2) is 0 Å². The number of hydrogen-bond donors (Lipinski definition) is 1. The zero-order valence-corrected chi connectivity index (χ0v) is 15.5. The Kier molecular flexibility index (Phi) is 7.06. The molecule has 0 bridgehead atoms. The molecule has 0 aliphatic carbocycles. The number of amides is 1. The van der Waals surface area contributed by atoms with Gasteiger partial charge in [-0.2, -0.15) is 0 Å². The van der Waals surface area contributed by atoms with E-state index in [0.717, 1.165) is 10.6 Å². The minimum absolute atomic E-state index is 0.0814. The molecule has 1 N–H and O–H groups in total. The molecule has 4 heteroatoms. The number of nitrogens with one attached hydrogen (secondary N) is 1. The minimum atomic E-state index is -0.0814. The highest BCUT2D eigenvalue weighted by molar-refractivity contribution is 8.00. The highest BCUT2D eigenvalue weighted by Gasteiger charge is 2.13. The van der Waals surface area contributed by atoms with Gasteiger partial charge in [-0.3, -0.25) is 4.79 Å². The van der Waals surface area contributed by atoms with Crippen molar-refractivity contribution in [2.75, 3.05) is 12.3 Å². The van der Waals surface area contributed by atoms with Crippen LogP contribution in [-0.2, 0) is 4.79 Å². The van der Waals surface area contributed by atoms with E-state index in [0.29, 0.717) is 6.54 Å². The Hall–Kier alpha value is -1.39. The Morgan fingerprint density at radius 2 is 1.48 bits per heavy atom. The van der Waals surface area contributed by atoms with Crippen molar-refractivity contribution in [3.05, 3.63) is 59.7 Å². The fourth-order valence-corrected chi connectivity index (χ4v) is 3.66. The normalized spacial score (nSPS) is 12.0. The van der Waals surface area contributed by atoms with E-state index in [-0.39, 0.29) is 11.2 Å². The Bertz CT molecular complexity index is 623. The molecular formula is C19H23NOS2. The second-order valence-corrected chi connectivity index (χ2v) is 8.11. The van der Waals surface area contributed by atoms with Crippen molar-refractivity contribution in [3.8, 4) is 0 Å². The van der Waals surface area contributed by atoms with Gasteiger partial charge in [0, 0.05) is 22.1 Å². The number of hydrogen-bond acceptors (Lipinski definition) is 3. The van der Waals surface area contributed by atoms with Gasteiger partial charge in [0.05, 0.1) is 5.25 Å². The monoisotopic (exact) mass is 345 g/mol. The lowest BCUT2D eigenvalue weighted by Gasteiger charge is -2.12. The van der Waals surface area contributed by atoms with E-state index in [1.807, 2.05) is 6.92 Å². The van der Waals surface area contributed by atoms with Crippen LogP contribution in [0.1, 0.15) is 18.1 Å². The van der Waals surface area contributed by atoms with E-state index >= 15 is 0 Å². The van der Waals surface area contributed by atoms with Crippen molar-refractivity contribution < 1.29 is 4.79 Å². The standard InChI is InChI=1S/C19H23NOS2/c1-14-4-8-17(9-5-14)22-13-12-20-19(21)16(3)23-18-10-6-15(2)7-11-18/h4-11,16H,12-13H2,1-3H3,(H,20,21)/t16-/m1/s1. The van der Waals surface area contributed by atoms with Crippen LogP contribution < -0.4 is 5.32 Å². The summed E-state index contributed by atoms with van der Waals surface area (Å²) in [6.45, 7) is 6.79. The van der Waals surface area contributed by atoms with Gasteiger partial charge in [0.1, 0.15) is 0 Å². The summed E-state index contributed by atoms with van der Waals surface area (Å²) in [5.41, 5.74) is 2.50. The number of benzene rings is 2. The van der Waals surface area contributed by atoms with Crippen LogP contribution in [0.15, 0.2) is 58.3 Å². The quantitative estimate of drug-likeness (QED) is 0.583. The molecule has 0 spiro atoms. The van der Waals surface area contributed by atoms with Crippen LogP contribution in [0.5, 0.6) is 0 Å². The molecule has 1 atom stereocenters. The minimum Gasteiger partial charge on any atom is -0.354 e. The van der Waals surface area contributed by atoms with Crippen LogP contribution in [0.25, 0.3) is 0 Å². The predicted octanol–water partition coefficient (Wildman–Crippen LogP) is 4.69. The Morgan fingerprint density at radius 3 is 2.04 bits per heavy atom. The largest absolute Gasteiger partial charge is 0.354 e. The number of aryl methyl sites for hydroxylation is 2. The molecular weight excluding hydrogens is 322 g/mol. The summed E-state index contributed by atoms with van der Waals surface area (Å²) in [4.78, 5) is 14.5. The third-order valence-corrected chi connectivity index (χ3v) is 5.52. The van der Waals surface area contributed by atoms with Crippen LogP contribution >= 0.6 is 23.5 Å². The van der Waals surface area contributed by atoms with Crippen molar-refractivity contribution in [3.63, 3.8) is 0 Å². The average Bonchev–Trinajstić information content (AvgIpc) is 2.55. The number of rotatable bonds is 7. The van der Waals surface area contributed by atoms with E-state index < -0.39 is 0 Å². The van der Waals surface area contributed by atoms with Crippen molar-refractivity contribution in [1.82, 2.24) is 5.32 Å². The smallest absolute Gasteiger partial charge is 0.233 e. The van der Waals surface area contributed by atoms with E-state index in [4.69, 9.17) is 0 Å². The number of carbonyl (C=O) groups is 1. The maximum absolute atomic E-state index is 12.1. The highest BCUT2D eigenvalue weighted by atomic mass is 32.2. The van der Waals surface area contributed by atoms with E-state index in [2.05, 4.69) is 67.7 Å². The first-order valence-electron chi connectivity index (χ1n) is 7.75. The summed E-state index contributed by atoms with van der Waals surface area (Å²) < 4.78 is 0. The number of thioether (sulfide) groups is 2. The summed E-state index contributed by atoms with van der Waals surface area (Å²) in [7, 11) is 0. The molecule has 2 aromatic rings. The molecule has 2 aromatic carbocycles. The summed E-state index contributed by atoms with van der Waals surface area (Å²) in [5.74, 6) is 0.983. The van der Waals surface area contributed by atoms with Crippen LogP contribution in [0.3, 0.4) is 0 Å². The zero-order valence-electron chi connectivity index (χ0n) is 13.8. The fourth-order valence-electron chi connectivity index (χ4n) is 2.00. The van der Waals surface area contributed by atoms with Crippen molar-refractivity contribution >= 4 is 29.4 Å². The molecule has 1 amide bonds. The summed E-state index contributed by atoms with van der Waals surface area (Å²) in [6, 6.07) is 16.8. The van der Waals surface area contributed by atoms with Crippen LogP contribution in [0.4, 0.5) is 0 Å². The van der Waals surface area contributed by atoms with E-state index in [1.54, 1.807) is 23.5 Å². The average molecular weight is 346 g/mol. The molecule has 0 fully saturated rings. The molecule has 2 rings (SSSR count). The van der Waals surface area contributed by atoms with E-state index in [9.17, 15) is 4.79 Å². The van der Waals surface area contributed by atoms with Crippen molar-refractivity contribution in [2.24, 2.45) is 0 Å². The van der Waals surface area contributed by atoms with Crippen LogP contribution in [0.2, 0.25) is 0 Å². The molecule has 0 aromatic heterocycles. The van der Waals surface area contributed by atoms with Gasteiger partial charge in [0.2, 0.25) is 5.91 Å². The molecule has 23 heavy (non-hydrogen) atoms. The van der Waals surface area contributed by atoms with Gasteiger partial charge in [0.15, 0.2) is 0 Å². The first kappa shape index (κ1) is 18.0. The fraction of sp³-hybridized carbons (Fsp3) is 0.316. The molecule has 0 unspecified atom stereocenters. The lowest BCUT2D eigenvalue weighted by molar-refractivity contribution is -0.120. The maximum atomic E-state index is 12.1. The van der Waals surface area contributed by atoms with Gasteiger partial charge in [0.25, 0.3) is 0 Å². The van der Waals surface area contributed by atoms with Gasteiger partial charge >= 0.3 is 0 Å². The summed E-state index contributed by atoms with van der Waals surface area (Å²) in [6.07, 6.45) is 0. The highest BCUT2D eigenvalue weighted by Crippen LogP contribution is 2.23. The van der Waals surface area contributed by atoms with Crippen LogP contribution in [-0.4, -0.2) is 23.5 Å². The maximum Gasteiger partial charge on any atom is 0.233 e. The first-order chi connectivity index (χ1) is 11.0. The van der Waals surface area contributed by atoms with Crippen molar-refractivity contribution in [2.45, 2.75) is 35.8 Å². The second kappa shape index (κ2) is 9.04. The first-order valence-corrected chi connectivity index (χ1v) is 9.61. The van der Waals surface area contributed by atoms with Gasteiger partial charge < -0.3 is 5.32 Å². The molecule has 0 saturated heterocycles. The SMILES string of the molecule is Cc1ccc(SCCNC(=O)[C@@H](C)Sc2ccc(C)cc2)cc1. The predicted molar refractivity (Wildman–Crippen MR) is 101 cm³/mol. The summed E-state index contributed by atoms with van der Waals surface area (Å²) in [5, 5.41) is 2.93. The molecule has 0 aliphatic heterocycles. The van der Waals surface area contributed by atoms with Crippen LogP contribution in [0, 0.1) is 13.8 Å². The lowest BCUT2D eigenvalue weighted by atomic mass is 10.2. The second-order valence-electron chi connectivity index (χ2n) is 5.53. The third-order valence-electron chi connectivity index (χ3n) is 3.39. The Morgan fingerprint density at radius 1 is 0.957 bits per heavy atom. The summed E-state index contributed by atoms with van der Waals surface area (Å²) >= 11 is 3.36. The molecule has 2 nitrogen and oxygen atoms in total. The van der Waals surface area contributed by atoms with Gasteiger partial charge in [-0.15, -0.1) is 23.5 Å². The van der Waals surface area contributed by atoms with Gasteiger partial charge in [-0.05, 0) is 45.0 Å².